The Morgan fingerprint density at radius 3 is 2.80 bits per heavy atom. The molecule has 1 heterocycles. The van der Waals surface area contributed by atoms with Gasteiger partial charge in [-0.25, -0.2) is 4.68 Å². The van der Waals surface area contributed by atoms with Gasteiger partial charge in [-0.15, -0.1) is 5.10 Å². The number of alkyl halides is 2. The Morgan fingerprint density at radius 1 is 1.35 bits per heavy atom. The van der Waals surface area contributed by atoms with Crippen LogP contribution in [0.25, 0.3) is 0 Å². The first-order chi connectivity index (χ1) is 9.60. The molecule has 1 N–H and O–H groups in total. The fourth-order valence-corrected chi connectivity index (χ4v) is 1.77. The van der Waals surface area contributed by atoms with E-state index in [2.05, 4.69) is 15.0 Å². The first kappa shape index (κ1) is 14.4. The SMILES string of the molecule is CCC(O)c1cn(Cc2ccccc2OC(F)F)nn1. The lowest BCUT2D eigenvalue weighted by molar-refractivity contribution is -0.0505. The topological polar surface area (TPSA) is 60.2 Å². The van der Waals surface area contributed by atoms with E-state index in [0.717, 1.165) is 0 Å². The Bertz CT molecular complexity index is 560. The molecule has 1 atom stereocenters. The van der Waals surface area contributed by atoms with Gasteiger partial charge in [0.2, 0.25) is 0 Å². The maximum absolute atomic E-state index is 12.3. The van der Waals surface area contributed by atoms with Gasteiger partial charge in [-0.1, -0.05) is 30.3 Å². The Morgan fingerprint density at radius 2 is 2.10 bits per heavy atom. The number of hydrogen-bond donors (Lipinski definition) is 1. The average Bonchev–Trinajstić information content (AvgIpc) is 2.88. The van der Waals surface area contributed by atoms with E-state index in [1.165, 1.54) is 10.7 Å². The maximum Gasteiger partial charge on any atom is 0.387 e. The summed E-state index contributed by atoms with van der Waals surface area (Å²) >= 11 is 0. The molecule has 0 aliphatic heterocycles. The van der Waals surface area contributed by atoms with Crippen LogP contribution in [-0.4, -0.2) is 26.7 Å². The van der Waals surface area contributed by atoms with Crippen molar-refractivity contribution in [2.75, 3.05) is 0 Å². The van der Waals surface area contributed by atoms with Crippen molar-refractivity contribution in [2.45, 2.75) is 32.6 Å². The summed E-state index contributed by atoms with van der Waals surface area (Å²) in [6.45, 7) is -0.800. The molecule has 0 spiro atoms. The second-order valence-corrected chi connectivity index (χ2v) is 4.25. The van der Waals surface area contributed by atoms with Crippen molar-refractivity contribution < 1.29 is 18.6 Å². The van der Waals surface area contributed by atoms with Crippen molar-refractivity contribution in [1.29, 1.82) is 0 Å². The quantitative estimate of drug-likeness (QED) is 0.884. The highest BCUT2D eigenvalue weighted by Crippen LogP contribution is 2.21. The number of nitrogens with zero attached hydrogens (tertiary/aromatic N) is 3. The summed E-state index contributed by atoms with van der Waals surface area (Å²) in [5.41, 5.74) is 1.02. The minimum absolute atomic E-state index is 0.107. The van der Waals surface area contributed by atoms with Crippen LogP contribution in [0.4, 0.5) is 8.78 Å². The zero-order chi connectivity index (χ0) is 14.5. The number of ether oxygens (including phenoxy) is 1. The summed E-state index contributed by atoms with van der Waals surface area (Å²) < 4.78 is 30.5. The minimum atomic E-state index is -2.87. The Balaban J connectivity index is 2.15. The molecule has 0 aliphatic carbocycles. The predicted octanol–water partition coefficient (Wildman–Crippen LogP) is 2.37. The molecule has 0 saturated heterocycles. The predicted molar refractivity (Wildman–Crippen MR) is 67.4 cm³/mol. The molecular weight excluding hydrogens is 268 g/mol. The lowest BCUT2D eigenvalue weighted by atomic mass is 10.2. The van der Waals surface area contributed by atoms with Gasteiger partial charge in [0.25, 0.3) is 0 Å². The maximum atomic E-state index is 12.3. The molecule has 108 valence electrons. The van der Waals surface area contributed by atoms with Gasteiger partial charge in [-0.3, -0.25) is 0 Å². The fourth-order valence-electron chi connectivity index (χ4n) is 1.77. The number of benzene rings is 1. The zero-order valence-corrected chi connectivity index (χ0v) is 10.9. The lowest BCUT2D eigenvalue weighted by Crippen LogP contribution is -2.07. The summed E-state index contributed by atoms with van der Waals surface area (Å²) in [5.74, 6) is 0.107. The van der Waals surface area contributed by atoms with Gasteiger partial charge >= 0.3 is 6.61 Å². The average molecular weight is 283 g/mol. The third-order valence-electron chi connectivity index (χ3n) is 2.81. The van der Waals surface area contributed by atoms with Crippen LogP contribution in [0.15, 0.2) is 30.5 Å². The highest BCUT2D eigenvalue weighted by Gasteiger charge is 2.12. The molecule has 7 heteroatoms. The number of para-hydroxylation sites is 1. The summed E-state index contributed by atoms with van der Waals surface area (Å²) in [6, 6.07) is 6.50. The van der Waals surface area contributed by atoms with E-state index in [1.54, 1.807) is 24.4 Å². The van der Waals surface area contributed by atoms with E-state index in [9.17, 15) is 13.9 Å². The molecule has 0 bridgehead atoms. The second kappa shape index (κ2) is 6.42. The first-order valence-corrected chi connectivity index (χ1v) is 6.21. The van der Waals surface area contributed by atoms with Crippen molar-refractivity contribution in [3.05, 3.63) is 41.7 Å². The van der Waals surface area contributed by atoms with Crippen LogP contribution in [0.5, 0.6) is 5.75 Å². The number of rotatable bonds is 6. The van der Waals surface area contributed by atoms with Gasteiger partial charge < -0.3 is 9.84 Å². The van der Waals surface area contributed by atoms with Gasteiger partial charge in [-0.2, -0.15) is 8.78 Å². The van der Waals surface area contributed by atoms with Crippen LogP contribution >= 0.6 is 0 Å². The zero-order valence-electron chi connectivity index (χ0n) is 10.9. The molecule has 0 radical (unpaired) electrons. The van der Waals surface area contributed by atoms with E-state index in [1.807, 2.05) is 6.92 Å². The van der Waals surface area contributed by atoms with Gasteiger partial charge in [0, 0.05) is 5.56 Å². The molecule has 1 aromatic heterocycles. The lowest BCUT2D eigenvalue weighted by Gasteiger charge is -2.10. The number of aromatic nitrogens is 3. The van der Waals surface area contributed by atoms with E-state index in [4.69, 9.17) is 0 Å². The van der Waals surface area contributed by atoms with Crippen LogP contribution < -0.4 is 4.74 Å². The number of halogens is 2. The van der Waals surface area contributed by atoms with Crippen molar-refractivity contribution in [2.24, 2.45) is 0 Å². The summed E-state index contributed by atoms with van der Waals surface area (Å²) in [5, 5.41) is 17.4. The van der Waals surface area contributed by atoms with Crippen molar-refractivity contribution >= 4 is 0 Å². The highest BCUT2D eigenvalue weighted by atomic mass is 19.3. The third kappa shape index (κ3) is 3.51. The van der Waals surface area contributed by atoms with Crippen molar-refractivity contribution in [3.63, 3.8) is 0 Å². The summed E-state index contributed by atoms with van der Waals surface area (Å²) in [6.07, 6.45) is 1.45. The van der Waals surface area contributed by atoms with Crippen molar-refractivity contribution in [3.8, 4) is 5.75 Å². The molecule has 0 saturated carbocycles. The standard InChI is InChI=1S/C13H15F2N3O2/c1-2-11(19)10-8-18(17-16-10)7-9-5-3-4-6-12(9)20-13(14)15/h3-6,8,11,13,19H,2,7H2,1H3. The number of aliphatic hydroxyl groups is 1. The van der Waals surface area contributed by atoms with E-state index < -0.39 is 12.7 Å². The van der Waals surface area contributed by atoms with Crippen LogP contribution in [-0.2, 0) is 6.54 Å². The minimum Gasteiger partial charge on any atom is -0.434 e. The molecule has 1 unspecified atom stereocenters. The molecule has 2 aromatic rings. The molecule has 0 amide bonds. The molecule has 5 nitrogen and oxygen atoms in total. The molecule has 20 heavy (non-hydrogen) atoms. The Hall–Kier alpha value is -2.02. The molecule has 1 aromatic carbocycles. The molecule has 0 aliphatic rings. The largest absolute Gasteiger partial charge is 0.434 e. The first-order valence-electron chi connectivity index (χ1n) is 6.21. The van der Waals surface area contributed by atoms with Crippen molar-refractivity contribution in [1.82, 2.24) is 15.0 Å². The van der Waals surface area contributed by atoms with Crippen LogP contribution in [0, 0.1) is 0 Å². The molecule has 0 fully saturated rings. The van der Waals surface area contributed by atoms with E-state index in [0.29, 0.717) is 17.7 Å². The summed E-state index contributed by atoms with van der Waals surface area (Å²) in [7, 11) is 0. The smallest absolute Gasteiger partial charge is 0.387 e. The van der Waals surface area contributed by atoms with Crippen LogP contribution in [0.3, 0.4) is 0 Å². The molecular formula is C13H15F2N3O2. The van der Waals surface area contributed by atoms with E-state index in [-0.39, 0.29) is 12.3 Å². The van der Waals surface area contributed by atoms with Gasteiger partial charge in [0.05, 0.1) is 18.8 Å². The summed E-state index contributed by atoms with van der Waals surface area (Å²) in [4.78, 5) is 0. The Labute approximate surface area is 114 Å². The highest BCUT2D eigenvalue weighted by molar-refractivity contribution is 5.33. The van der Waals surface area contributed by atoms with E-state index >= 15 is 0 Å². The molecule has 2 rings (SSSR count). The monoisotopic (exact) mass is 283 g/mol. The normalized spacial score (nSPS) is 12.7. The second-order valence-electron chi connectivity index (χ2n) is 4.25. The van der Waals surface area contributed by atoms with Gasteiger partial charge in [-0.05, 0) is 12.5 Å². The number of aliphatic hydroxyl groups excluding tert-OH is 1. The van der Waals surface area contributed by atoms with Gasteiger partial charge in [0.15, 0.2) is 0 Å². The Kier molecular flexibility index (Phi) is 4.62. The van der Waals surface area contributed by atoms with Crippen LogP contribution in [0.1, 0.15) is 30.7 Å². The third-order valence-corrected chi connectivity index (χ3v) is 2.81. The van der Waals surface area contributed by atoms with Gasteiger partial charge in [0.1, 0.15) is 11.4 Å². The number of hydrogen-bond acceptors (Lipinski definition) is 4. The van der Waals surface area contributed by atoms with Crippen LogP contribution in [0.2, 0.25) is 0 Å². The fraction of sp³-hybridized carbons (Fsp3) is 0.385.